The minimum Gasteiger partial charge on any atom is -0.363 e. The van der Waals surface area contributed by atoms with Crippen molar-refractivity contribution >= 4 is 10.0 Å². The summed E-state index contributed by atoms with van der Waals surface area (Å²) in [6, 6.07) is 1.53. The van der Waals surface area contributed by atoms with E-state index in [1.54, 1.807) is 6.07 Å². The predicted octanol–water partition coefficient (Wildman–Crippen LogP) is 0.892. The van der Waals surface area contributed by atoms with Crippen molar-refractivity contribution in [1.29, 1.82) is 0 Å². The number of aromatic nitrogens is 1. The molecule has 0 aromatic carbocycles. The summed E-state index contributed by atoms with van der Waals surface area (Å²) in [6.07, 6.45) is 1.49. The number of nitrogens with zero attached hydrogens (tertiary/aromatic N) is 1. The van der Waals surface area contributed by atoms with Crippen molar-refractivity contribution in [3.8, 4) is 0 Å². The van der Waals surface area contributed by atoms with Gasteiger partial charge < -0.3 is 10.7 Å². The number of rotatable bonds is 5. The van der Waals surface area contributed by atoms with Gasteiger partial charge in [0.25, 0.3) is 0 Å². The van der Waals surface area contributed by atoms with E-state index in [1.165, 1.54) is 10.5 Å². The molecule has 0 bridgehead atoms. The van der Waals surface area contributed by atoms with Crippen LogP contribution >= 0.6 is 0 Å². The molecule has 0 amide bonds. The number of sulfonamides is 1. The van der Waals surface area contributed by atoms with Crippen LogP contribution in [0.5, 0.6) is 0 Å². The molecule has 92 valence electrons. The zero-order chi connectivity index (χ0) is 12.3. The zero-order valence-corrected chi connectivity index (χ0v) is 10.7. The molecule has 16 heavy (non-hydrogen) atoms. The first-order valence-corrected chi connectivity index (χ1v) is 6.76. The van der Waals surface area contributed by atoms with Crippen LogP contribution in [0.4, 0.5) is 0 Å². The van der Waals surface area contributed by atoms with Crippen molar-refractivity contribution in [3.63, 3.8) is 0 Å². The first-order chi connectivity index (χ1) is 7.43. The molecule has 0 aliphatic heterocycles. The molecule has 1 heterocycles. The molecule has 0 atom stereocenters. The maximum Gasteiger partial charge on any atom is 0.244 e. The molecule has 1 rings (SSSR count). The Morgan fingerprint density at radius 2 is 2.12 bits per heavy atom. The van der Waals surface area contributed by atoms with E-state index >= 15 is 0 Å². The largest absolute Gasteiger partial charge is 0.363 e. The fourth-order valence-electron chi connectivity index (χ4n) is 1.63. The maximum atomic E-state index is 12.2. The summed E-state index contributed by atoms with van der Waals surface area (Å²) >= 11 is 0. The molecule has 0 spiro atoms. The molecule has 0 aliphatic carbocycles. The second-order valence-electron chi connectivity index (χ2n) is 3.87. The molecular formula is C10H19N3O2S. The summed E-state index contributed by atoms with van der Waals surface area (Å²) in [7, 11) is -3.39. The number of hydrogen-bond acceptors (Lipinski definition) is 3. The van der Waals surface area contributed by atoms with Crippen molar-refractivity contribution in [3.05, 3.63) is 18.0 Å². The Morgan fingerprint density at radius 3 is 2.50 bits per heavy atom. The van der Waals surface area contributed by atoms with Crippen LogP contribution in [-0.2, 0) is 16.6 Å². The predicted molar refractivity (Wildman–Crippen MR) is 63.4 cm³/mol. The van der Waals surface area contributed by atoms with Gasteiger partial charge in [0.15, 0.2) is 0 Å². The standard InChI is InChI=1S/C10H19N3O2S/c1-4-13(8(2)3)16(14,15)10-5-9(6-11)12-7-10/h5,7-8,12H,4,6,11H2,1-3H3. The lowest BCUT2D eigenvalue weighted by atomic mass is 10.4. The Labute approximate surface area is 96.7 Å². The number of H-pyrrole nitrogens is 1. The molecule has 3 N–H and O–H groups in total. The highest BCUT2D eigenvalue weighted by molar-refractivity contribution is 7.89. The van der Waals surface area contributed by atoms with Gasteiger partial charge in [0, 0.05) is 31.0 Å². The Bertz CT molecular complexity index is 437. The summed E-state index contributed by atoms with van der Waals surface area (Å²) in [5, 5.41) is 0. The maximum absolute atomic E-state index is 12.2. The highest BCUT2D eigenvalue weighted by Crippen LogP contribution is 2.18. The van der Waals surface area contributed by atoms with Crippen LogP contribution in [0.3, 0.4) is 0 Å². The third-order valence-electron chi connectivity index (χ3n) is 2.43. The summed E-state index contributed by atoms with van der Waals surface area (Å²) in [6.45, 7) is 6.32. The van der Waals surface area contributed by atoms with Gasteiger partial charge in [0.1, 0.15) is 0 Å². The lowest BCUT2D eigenvalue weighted by Gasteiger charge is -2.23. The summed E-state index contributed by atoms with van der Waals surface area (Å²) in [5.41, 5.74) is 6.16. The van der Waals surface area contributed by atoms with Crippen LogP contribution in [0.15, 0.2) is 17.2 Å². The molecule has 0 fully saturated rings. The second kappa shape index (κ2) is 4.99. The first-order valence-electron chi connectivity index (χ1n) is 5.32. The van der Waals surface area contributed by atoms with E-state index in [9.17, 15) is 8.42 Å². The van der Waals surface area contributed by atoms with Gasteiger partial charge in [-0.25, -0.2) is 8.42 Å². The lowest BCUT2D eigenvalue weighted by Crippen LogP contribution is -2.36. The normalized spacial score (nSPS) is 12.6. The van der Waals surface area contributed by atoms with Crippen molar-refractivity contribution in [1.82, 2.24) is 9.29 Å². The van der Waals surface area contributed by atoms with Crippen molar-refractivity contribution in [2.24, 2.45) is 5.73 Å². The second-order valence-corrected chi connectivity index (χ2v) is 5.76. The van der Waals surface area contributed by atoms with Crippen molar-refractivity contribution < 1.29 is 8.42 Å². The number of aromatic amines is 1. The minimum atomic E-state index is -3.39. The van der Waals surface area contributed by atoms with E-state index in [1.807, 2.05) is 20.8 Å². The average Bonchev–Trinajstić information content (AvgIpc) is 2.66. The highest BCUT2D eigenvalue weighted by atomic mass is 32.2. The smallest absolute Gasteiger partial charge is 0.244 e. The molecule has 0 saturated carbocycles. The summed E-state index contributed by atoms with van der Waals surface area (Å²) < 4.78 is 25.9. The molecular weight excluding hydrogens is 226 g/mol. The quantitative estimate of drug-likeness (QED) is 0.808. The van der Waals surface area contributed by atoms with Crippen LogP contribution in [0.25, 0.3) is 0 Å². The van der Waals surface area contributed by atoms with Crippen LogP contribution in [0, 0.1) is 0 Å². The Kier molecular flexibility index (Phi) is 4.12. The van der Waals surface area contributed by atoms with Crippen LogP contribution in [0.1, 0.15) is 26.5 Å². The van der Waals surface area contributed by atoms with Gasteiger partial charge in [0.2, 0.25) is 10.0 Å². The van der Waals surface area contributed by atoms with Crippen LogP contribution < -0.4 is 5.73 Å². The molecule has 0 aliphatic rings. The van der Waals surface area contributed by atoms with E-state index in [4.69, 9.17) is 5.73 Å². The highest BCUT2D eigenvalue weighted by Gasteiger charge is 2.26. The first kappa shape index (κ1) is 13.2. The Morgan fingerprint density at radius 1 is 1.50 bits per heavy atom. The van der Waals surface area contributed by atoms with Gasteiger partial charge in [0.05, 0.1) is 4.90 Å². The lowest BCUT2D eigenvalue weighted by molar-refractivity contribution is 0.369. The Hall–Kier alpha value is -0.850. The van der Waals surface area contributed by atoms with Gasteiger partial charge in [-0.05, 0) is 19.9 Å². The molecule has 0 unspecified atom stereocenters. The third-order valence-corrected chi connectivity index (χ3v) is 4.56. The molecule has 5 nitrogen and oxygen atoms in total. The van der Waals surface area contributed by atoms with Gasteiger partial charge >= 0.3 is 0 Å². The molecule has 1 aromatic rings. The van der Waals surface area contributed by atoms with Crippen LogP contribution in [0.2, 0.25) is 0 Å². The molecule has 0 saturated heterocycles. The number of hydrogen-bond donors (Lipinski definition) is 2. The average molecular weight is 245 g/mol. The SMILES string of the molecule is CCN(C(C)C)S(=O)(=O)c1c[nH]c(CN)c1. The van der Waals surface area contributed by atoms with E-state index < -0.39 is 10.0 Å². The van der Waals surface area contributed by atoms with Crippen LogP contribution in [-0.4, -0.2) is 30.3 Å². The van der Waals surface area contributed by atoms with Crippen molar-refractivity contribution in [2.45, 2.75) is 38.3 Å². The minimum absolute atomic E-state index is 0.0498. The van der Waals surface area contributed by atoms with E-state index in [0.29, 0.717) is 13.1 Å². The van der Waals surface area contributed by atoms with E-state index in [-0.39, 0.29) is 10.9 Å². The molecule has 0 radical (unpaired) electrons. The van der Waals surface area contributed by atoms with E-state index in [0.717, 1.165) is 5.69 Å². The number of nitrogens with one attached hydrogen (secondary N) is 1. The number of nitrogens with two attached hydrogens (primary N) is 1. The monoisotopic (exact) mass is 245 g/mol. The fourth-order valence-corrected chi connectivity index (χ4v) is 3.30. The van der Waals surface area contributed by atoms with Gasteiger partial charge in [-0.1, -0.05) is 6.92 Å². The molecule has 1 aromatic heterocycles. The van der Waals surface area contributed by atoms with Gasteiger partial charge in [-0.2, -0.15) is 4.31 Å². The summed E-state index contributed by atoms with van der Waals surface area (Å²) in [4.78, 5) is 3.13. The third kappa shape index (κ3) is 2.45. The van der Waals surface area contributed by atoms with Crippen molar-refractivity contribution in [2.75, 3.05) is 6.54 Å². The molecule has 6 heteroatoms. The topological polar surface area (TPSA) is 79.2 Å². The summed E-state index contributed by atoms with van der Waals surface area (Å²) in [5.74, 6) is 0. The fraction of sp³-hybridized carbons (Fsp3) is 0.600. The van der Waals surface area contributed by atoms with Gasteiger partial charge in [-0.3, -0.25) is 0 Å². The zero-order valence-electron chi connectivity index (χ0n) is 9.90. The van der Waals surface area contributed by atoms with E-state index in [2.05, 4.69) is 4.98 Å². The van der Waals surface area contributed by atoms with Gasteiger partial charge in [-0.15, -0.1) is 0 Å². The Balaban J connectivity index is 3.09.